The highest BCUT2D eigenvalue weighted by Crippen LogP contribution is 2.30. The molecule has 0 amide bonds. The molecule has 3 rings (SSSR count). The minimum Gasteiger partial charge on any atom is -0.461 e. The third kappa shape index (κ3) is 2.63. The first-order chi connectivity index (χ1) is 10.2. The van der Waals surface area contributed by atoms with E-state index in [-0.39, 0.29) is 12.0 Å². The first kappa shape index (κ1) is 13.7. The number of carbonyl (C=O) groups excluding carboxylic acids is 1. The van der Waals surface area contributed by atoms with Crippen molar-refractivity contribution in [2.75, 3.05) is 18.5 Å². The smallest absolute Gasteiger partial charge is 0.358 e. The summed E-state index contributed by atoms with van der Waals surface area (Å²) in [6.07, 6.45) is 0.945. The van der Waals surface area contributed by atoms with Crippen LogP contribution in [-0.2, 0) is 4.74 Å². The van der Waals surface area contributed by atoms with Gasteiger partial charge in [-0.25, -0.2) is 9.48 Å². The van der Waals surface area contributed by atoms with E-state index in [4.69, 9.17) is 4.74 Å². The van der Waals surface area contributed by atoms with E-state index < -0.39 is 0 Å². The Morgan fingerprint density at radius 1 is 1.48 bits per heavy atom. The van der Waals surface area contributed by atoms with E-state index in [2.05, 4.69) is 41.6 Å². The van der Waals surface area contributed by atoms with Crippen LogP contribution in [0.15, 0.2) is 30.3 Å². The maximum atomic E-state index is 11.8. The number of nitrogens with one attached hydrogen (secondary N) is 1. The summed E-state index contributed by atoms with van der Waals surface area (Å²) in [5, 5.41) is 7.72. The zero-order chi connectivity index (χ0) is 14.8. The maximum absolute atomic E-state index is 11.8. The van der Waals surface area contributed by atoms with E-state index in [1.54, 1.807) is 13.0 Å². The SMILES string of the molecule is CCOC(=O)c1cc2n(n1)C(c1cccc(C)c1)CCN2. The molecule has 0 saturated carbocycles. The van der Waals surface area contributed by atoms with Crippen LogP contribution < -0.4 is 5.32 Å². The fourth-order valence-electron chi connectivity index (χ4n) is 2.71. The van der Waals surface area contributed by atoms with Crippen LogP contribution in [0.2, 0.25) is 0 Å². The van der Waals surface area contributed by atoms with E-state index in [9.17, 15) is 4.79 Å². The summed E-state index contributed by atoms with van der Waals surface area (Å²) in [6.45, 7) is 5.10. The number of hydrogen-bond donors (Lipinski definition) is 1. The van der Waals surface area contributed by atoms with Crippen LogP contribution in [0.1, 0.15) is 41.0 Å². The molecular weight excluding hydrogens is 266 g/mol. The third-order valence-electron chi connectivity index (χ3n) is 3.67. The Balaban J connectivity index is 1.96. The zero-order valence-corrected chi connectivity index (χ0v) is 12.3. The van der Waals surface area contributed by atoms with Gasteiger partial charge in [-0.2, -0.15) is 5.10 Å². The van der Waals surface area contributed by atoms with Crippen LogP contribution in [0.5, 0.6) is 0 Å². The van der Waals surface area contributed by atoms with Crippen LogP contribution in [0.4, 0.5) is 5.82 Å². The van der Waals surface area contributed by atoms with Gasteiger partial charge in [0.05, 0.1) is 12.6 Å². The lowest BCUT2D eigenvalue weighted by atomic mass is 10.0. The van der Waals surface area contributed by atoms with E-state index in [1.165, 1.54) is 11.1 Å². The summed E-state index contributed by atoms with van der Waals surface area (Å²) in [6, 6.07) is 10.3. The lowest BCUT2D eigenvalue weighted by Gasteiger charge is -2.26. The topological polar surface area (TPSA) is 56.2 Å². The molecule has 0 fully saturated rings. The molecular formula is C16H19N3O2. The number of esters is 1. The highest BCUT2D eigenvalue weighted by Gasteiger charge is 2.25. The molecule has 1 unspecified atom stereocenters. The summed E-state index contributed by atoms with van der Waals surface area (Å²) < 4.78 is 6.92. The molecule has 0 aliphatic carbocycles. The van der Waals surface area contributed by atoms with Crippen LogP contribution in [0.3, 0.4) is 0 Å². The van der Waals surface area contributed by atoms with Gasteiger partial charge in [-0.1, -0.05) is 29.8 Å². The molecule has 0 spiro atoms. The van der Waals surface area contributed by atoms with E-state index in [0.29, 0.717) is 12.3 Å². The Morgan fingerprint density at radius 2 is 2.33 bits per heavy atom. The molecule has 0 bridgehead atoms. The first-order valence-electron chi connectivity index (χ1n) is 7.26. The Bertz CT molecular complexity index is 663. The van der Waals surface area contributed by atoms with Gasteiger partial charge in [0.15, 0.2) is 5.69 Å². The van der Waals surface area contributed by atoms with Gasteiger partial charge < -0.3 is 10.1 Å². The van der Waals surface area contributed by atoms with Crippen molar-refractivity contribution in [1.82, 2.24) is 9.78 Å². The van der Waals surface area contributed by atoms with Gasteiger partial charge in [-0.3, -0.25) is 0 Å². The maximum Gasteiger partial charge on any atom is 0.358 e. The molecule has 2 aromatic rings. The number of ether oxygens (including phenoxy) is 1. The van der Waals surface area contributed by atoms with Crippen LogP contribution in [0.25, 0.3) is 0 Å². The lowest BCUT2D eigenvalue weighted by molar-refractivity contribution is 0.0518. The highest BCUT2D eigenvalue weighted by molar-refractivity contribution is 5.88. The first-order valence-corrected chi connectivity index (χ1v) is 7.26. The van der Waals surface area contributed by atoms with Crippen LogP contribution in [-0.4, -0.2) is 28.9 Å². The van der Waals surface area contributed by atoms with Crippen molar-refractivity contribution < 1.29 is 9.53 Å². The summed E-state index contributed by atoms with van der Waals surface area (Å²) in [5.74, 6) is 0.500. The van der Waals surface area contributed by atoms with Crippen LogP contribution >= 0.6 is 0 Å². The minimum absolute atomic E-state index is 0.157. The van der Waals surface area contributed by atoms with Gasteiger partial charge in [0, 0.05) is 12.6 Å². The second-order valence-corrected chi connectivity index (χ2v) is 5.23. The zero-order valence-electron chi connectivity index (χ0n) is 12.3. The molecule has 110 valence electrons. The number of nitrogens with zero attached hydrogens (tertiary/aromatic N) is 2. The van der Waals surface area contributed by atoms with Gasteiger partial charge in [0.25, 0.3) is 0 Å². The van der Waals surface area contributed by atoms with Crippen LogP contribution in [0, 0.1) is 6.92 Å². The van der Waals surface area contributed by atoms with Crippen molar-refractivity contribution in [2.45, 2.75) is 26.3 Å². The highest BCUT2D eigenvalue weighted by atomic mass is 16.5. The van der Waals surface area contributed by atoms with Crippen molar-refractivity contribution in [3.8, 4) is 0 Å². The molecule has 1 aliphatic heterocycles. The van der Waals surface area contributed by atoms with Crippen molar-refractivity contribution in [1.29, 1.82) is 0 Å². The number of hydrogen-bond acceptors (Lipinski definition) is 4. The molecule has 5 nitrogen and oxygen atoms in total. The second kappa shape index (κ2) is 5.60. The normalized spacial score (nSPS) is 17.0. The molecule has 1 N–H and O–H groups in total. The average molecular weight is 285 g/mol. The number of rotatable bonds is 3. The summed E-state index contributed by atoms with van der Waals surface area (Å²) in [7, 11) is 0. The summed E-state index contributed by atoms with van der Waals surface area (Å²) in [4.78, 5) is 11.8. The van der Waals surface area contributed by atoms with Gasteiger partial charge >= 0.3 is 5.97 Å². The average Bonchev–Trinajstić information content (AvgIpc) is 2.91. The summed E-state index contributed by atoms with van der Waals surface area (Å²) in [5.41, 5.74) is 2.81. The van der Waals surface area contributed by atoms with Gasteiger partial charge in [0.1, 0.15) is 5.82 Å². The van der Waals surface area contributed by atoms with E-state index in [1.807, 2.05) is 4.68 Å². The van der Waals surface area contributed by atoms with Gasteiger partial charge in [-0.05, 0) is 25.8 Å². The predicted molar refractivity (Wildman–Crippen MR) is 80.6 cm³/mol. The number of aromatic nitrogens is 2. The van der Waals surface area contributed by atoms with Gasteiger partial charge in [0.2, 0.25) is 0 Å². The van der Waals surface area contributed by atoms with E-state index >= 15 is 0 Å². The predicted octanol–water partition coefficient (Wildman–Crippen LogP) is 2.77. The fraction of sp³-hybridized carbons (Fsp3) is 0.375. The standard InChI is InChI=1S/C16H19N3O2/c1-3-21-16(20)13-10-15-17-8-7-14(19(15)18-13)12-6-4-5-11(2)9-12/h4-6,9-10,14,17H,3,7-8H2,1-2H3. The Morgan fingerprint density at radius 3 is 3.10 bits per heavy atom. The molecule has 21 heavy (non-hydrogen) atoms. The van der Waals surface area contributed by atoms with Crippen molar-refractivity contribution >= 4 is 11.8 Å². The van der Waals surface area contributed by atoms with Gasteiger partial charge in [-0.15, -0.1) is 0 Å². The Kier molecular flexibility index (Phi) is 3.64. The number of benzene rings is 1. The van der Waals surface area contributed by atoms with Crippen molar-refractivity contribution in [2.24, 2.45) is 0 Å². The monoisotopic (exact) mass is 285 g/mol. The minimum atomic E-state index is -0.371. The number of aryl methyl sites for hydroxylation is 1. The molecule has 5 heteroatoms. The van der Waals surface area contributed by atoms with Crippen molar-refractivity contribution in [3.05, 3.63) is 47.2 Å². The molecule has 0 radical (unpaired) electrons. The Hall–Kier alpha value is -2.30. The number of carbonyl (C=O) groups is 1. The molecule has 1 aromatic heterocycles. The fourth-order valence-corrected chi connectivity index (χ4v) is 2.71. The Labute approximate surface area is 123 Å². The second-order valence-electron chi connectivity index (χ2n) is 5.23. The number of anilines is 1. The quantitative estimate of drug-likeness (QED) is 0.881. The summed E-state index contributed by atoms with van der Waals surface area (Å²) >= 11 is 0. The molecule has 1 aromatic carbocycles. The van der Waals surface area contributed by atoms with E-state index in [0.717, 1.165) is 18.8 Å². The molecule has 2 heterocycles. The van der Waals surface area contributed by atoms with Crippen molar-refractivity contribution in [3.63, 3.8) is 0 Å². The number of fused-ring (bicyclic) bond motifs is 1. The lowest BCUT2D eigenvalue weighted by Crippen LogP contribution is -2.24. The molecule has 1 aliphatic rings. The molecule has 1 atom stereocenters. The molecule has 0 saturated heterocycles. The largest absolute Gasteiger partial charge is 0.461 e. The third-order valence-corrected chi connectivity index (χ3v) is 3.67.